The molecule has 0 aliphatic carbocycles. The zero-order valence-corrected chi connectivity index (χ0v) is 16.8. The van der Waals surface area contributed by atoms with Gasteiger partial charge in [0.25, 0.3) is 5.91 Å². The van der Waals surface area contributed by atoms with Gasteiger partial charge in [0.1, 0.15) is 11.3 Å². The molecule has 4 aromatic rings. The van der Waals surface area contributed by atoms with Crippen molar-refractivity contribution in [1.29, 1.82) is 0 Å². The zero-order valence-electron chi connectivity index (χ0n) is 15.1. The molecule has 1 amide bonds. The lowest BCUT2D eigenvalue weighted by Gasteiger charge is -2.08. The number of hydrogen-bond donors (Lipinski definition) is 1. The highest BCUT2D eigenvalue weighted by Crippen LogP contribution is 2.30. The number of nitrogens with one attached hydrogen (secondary N) is 1. The molecule has 0 bridgehead atoms. The van der Waals surface area contributed by atoms with E-state index in [4.69, 9.17) is 9.15 Å². The first-order valence-electron chi connectivity index (χ1n) is 8.43. The Morgan fingerprint density at radius 1 is 1.25 bits per heavy atom. The molecule has 0 saturated heterocycles. The van der Waals surface area contributed by atoms with Gasteiger partial charge in [-0.05, 0) is 49.1 Å². The Morgan fingerprint density at radius 2 is 2.11 bits per heavy atom. The smallest absolute Gasteiger partial charge is 0.336 e. The Kier molecular flexibility index (Phi) is 5.06. The number of nitrogens with zero attached hydrogens (tertiary/aromatic N) is 1. The molecule has 28 heavy (non-hydrogen) atoms. The van der Waals surface area contributed by atoms with Crippen LogP contribution in [0.5, 0.6) is 5.75 Å². The van der Waals surface area contributed by atoms with Crippen LogP contribution in [0, 0.1) is 6.92 Å². The molecular formula is C20H16N2O4S2. The second kappa shape index (κ2) is 7.65. The third kappa shape index (κ3) is 3.88. The van der Waals surface area contributed by atoms with Crippen molar-refractivity contribution in [3.05, 3.63) is 58.4 Å². The summed E-state index contributed by atoms with van der Waals surface area (Å²) < 4.78 is 12.7. The minimum absolute atomic E-state index is 0.154. The first-order valence-corrected chi connectivity index (χ1v) is 10.5. The van der Waals surface area contributed by atoms with Gasteiger partial charge in [-0.15, -0.1) is 11.3 Å². The van der Waals surface area contributed by atoms with Crippen molar-refractivity contribution in [3.8, 4) is 5.75 Å². The third-order valence-electron chi connectivity index (χ3n) is 4.12. The van der Waals surface area contributed by atoms with Crippen LogP contribution in [0.4, 0.5) is 5.69 Å². The van der Waals surface area contributed by atoms with Gasteiger partial charge in [0, 0.05) is 23.2 Å². The van der Waals surface area contributed by atoms with Gasteiger partial charge >= 0.3 is 5.63 Å². The van der Waals surface area contributed by atoms with Crippen molar-refractivity contribution >= 4 is 55.9 Å². The quantitative estimate of drug-likeness (QED) is 0.385. The average Bonchev–Trinajstić information content (AvgIpc) is 3.08. The SMILES string of the molecule is CSc1nc2ccc(NC(=O)COc3ccc4c(C)cc(=O)oc4c3)cc2s1. The van der Waals surface area contributed by atoms with Crippen LogP contribution in [0.3, 0.4) is 0 Å². The number of aryl methyl sites for hydroxylation is 1. The van der Waals surface area contributed by atoms with E-state index in [0.717, 1.165) is 25.5 Å². The van der Waals surface area contributed by atoms with Crippen LogP contribution in [0.1, 0.15) is 5.56 Å². The molecule has 4 rings (SSSR count). The number of anilines is 1. The summed E-state index contributed by atoms with van der Waals surface area (Å²) in [5.74, 6) is 0.179. The largest absolute Gasteiger partial charge is 0.484 e. The number of ether oxygens (including phenoxy) is 1. The Morgan fingerprint density at radius 3 is 2.93 bits per heavy atom. The molecule has 0 spiro atoms. The summed E-state index contributed by atoms with van der Waals surface area (Å²) in [6.45, 7) is 1.69. The molecule has 2 heterocycles. The van der Waals surface area contributed by atoms with Crippen LogP contribution in [-0.2, 0) is 4.79 Å². The number of thiazole rings is 1. The van der Waals surface area contributed by atoms with E-state index in [2.05, 4.69) is 10.3 Å². The van der Waals surface area contributed by atoms with Crippen LogP contribution in [0.2, 0.25) is 0 Å². The molecule has 1 N–H and O–H groups in total. The van der Waals surface area contributed by atoms with Gasteiger partial charge in [-0.2, -0.15) is 0 Å². The first-order chi connectivity index (χ1) is 13.5. The predicted molar refractivity (Wildman–Crippen MR) is 113 cm³/mol. The zero-order chi connectivity index (χ0) is 19.7. The summed E-state index contributed by atoms with van der Waals surface area (Å²) in [5, 5.41) is 3.65. The monoisotopic (exact) mass is 412 g/mol. The number of aromatic nitrogens is 1. The Balaban J connectivity index is 1.44. The predicted octanol–water partition coefficient (Wildman–Crippen LogP) is 4.45. The fraction of sp³-hybridized carbons (Fsp3) is 0.150. The molecule has 142 valence electrons. The molecule has 0 atom stereocenters. The Bertz CT molecular complexity index is 1250. The van der Waals surface area contributed by atoms with Crippen molar-refractivity contribution in [3.63, 3.8) is 0 Å². The van der Waals surface area contributed by atoms with Crippen molar-refractivity contribution in [1.82, 2.24) is 4.98 Å². The molecule has 6 nitrogen and oxygen atoms in total. The molecule has 2 aromatic carbocycles. The summed E-state index contributed by atoms with van der Waals surface area (Å²) in [7, 11) is 0. The molecule has 2 aromatic heterocycles. The molecule has 0 saturated carbocycles. The van der Waals surface area contributed by atoms with Crippen LogP contribution in [0.15, 0.2) is 56.0 Å². The maximum absolute atomic E-state index is 12.2. The molecular weight excluding hydrogens is 396 g/mol. The number of benzene rings is 2. The standard InChI is InChI=1S/C20H16N2O4S2/c1-11-7-19(24)26-16-9-13(4-5-14(11)16)25-10-18(23)21-12-3-6-15-17(8-12)28-20(22-15)27-2/h3-9H,10H2,1-2H3,(H,21,23). The number of amides is 1. The van der Waals surface area contributed by atoms with E-state index < -0.39 is 5.63 Å². The fourth-order valence-corrected chi connectivity index (χ4v) is 4.34. The van der Waals surface area contributed by atoms with Gasteiger partial charge in [0.05, 0.1) is 10.2 Å². The van der Waals surface area contributed by atoms with Crippen molar-refractivity contribution < 1.29 is 13.9 Å². The van der Waals surface area contributed by atoms with E-state index in [-0.39, 0.29) is 12.5 Å². The van der Waals surface area contributed by atoms with Crippen LogP contribution in [0.25, 0.3) is 21.2 Å². The molecule has 8 heteroatoms. The molecule has 0 aliphatic heterocycles. The van der Waals surface area contributed by atoms with Crippen LogP contribution >= 0.6 is 23.1 Å². The van der Waals surface area contributed by atoms with E-state index >= 15 is 0 Å². The normalized spacial score (nSPS) is 11.1. The Hall–Kier alpha value is -2.84. The van der Waals surface area contributed by atoms with Gasteiger partial charge in [-0.3, -0.25) is 4.79 Å². The van der Waals surface area contributed by atoms with E-state index in [1.54, 1.807) is 35.2 Å². The van der Waals surface area contributed by atoms with Gasteiger partial charge in [-0.25, -0.2) is 9.78 Å². The number of carbonyl (C=O) groups excluding carboxylic acids is 1. The van der Waals surface area contributed by atoms with E-state index in [0.29, 0.717) is 17.0 Å². The topological polar surface area (TPSA) is 81.4 Å². The number of hydrogen-bond acceptors (Lipinski definition) is 7. The van der Waals surface area contributed by atoms with Crippen LogP contribution in [-0.4, -0.2) is 23.8 Å². The van der Waals surface area contributed by atoms with E-state index in [9.17, 15) is 9.59 Å². The second-order valence-corrected chi connectivity index (χ2v) is 8.19. The van der Waals surface area contributed by atoms with Crippen LogP contribution < -0.4 is 15.7 Å². The number of fused-ring (bicyclic) bond motifs is 2. The lowest BCUT2D eigenvalue weighted by molar-refractivity contribution is -0.118. The number of rotatable bonds is 5. The van der Waals surface area contributed by atoms with Crippen molar-refractivity contribution in [2.75, 3.05) is 18.2 Å². The molecule has 0 radical (unpaired) electrons. The van der Waals surface area contributed by atoms with Gasteiger partial charge in [0.15, 0.2) is 10.9 Å². The first kappa shape index (κ1) is 18.5. The maximum atomic E-state index is 12.2. The number of thioether (sulfide) groups is 1. The fourth-order valence-electron chi connectivity index (χ4n) is 2.81. The summed E-state index contributed by atoms with van der Waals surface area (Å²) in [6.07, 6.45) is 1.98. The van der Waals surface area contributed by atoms with Gasteiger partial charge in [0.2, 0.25) is 0 Å². The summed E-state index contributed by atoms with van der Waals surface area (Å²) >= 11 is 3.18. The lowest BCUT2D eigenvalue weighted by Crippen LogP contribution is -2.20. The Labute approximate surface area is 168 Å². The van der Waals surface area contributed by atoms with E-state index in [1.165, 1.54) is 6.07 Å². The highest BCUT2D eigenvalue weighted by molar-refractivity contribution is 8.00. The molecule has 0 unspecified atom stereocenters. The van der Waals surface area contributed by atoms with Gasteiger partial charge in [-0.1, -0.05) is 11.8 Å². The minimum atomic E-state index is -0.414. The molecule has 0 aliphatic rings. The lowest BCUT2D eigenvalue weighted by atomic mass is 10.1. The third-order valence-corrected chi connectivity index (χ3v) is 6.12. The number of carbonyl (C=O) groups is 1. The summed E-state index contributed by atoms with van der Waals surface area (Å²) in [4.78, 5) is 28.2. The summed E-state index contributed by atoms with van der Waals surface area (Å²) in [5.41, 5.74) is 2.46. The van der Waals surface area contributed by atoms with E-state index in [1.807, 2.05) is 37.4 Å². The highest BCUT2D eigenvalue weighted by Gasteiger charge is 2.09. The summed E-state index contributed by atoms with van der Waals surface area (Å²) in [6, 6.07) is 12.2. The minimum Gasteiger partial charge on any atom is -0.484 e. The molecule has 0 fully saturated rings. The maximum Gasteiger partial charge on any atom is 0.336 e. The van der Waals surface area contributed by atoms with Crippen molar-refractivity contribution in [2.24, 2.45) is 0 Å². The highest BCUT2D eigenvalue weighted by atomic mass is 32.2. The van der Waals surface area contributed by atoms with Crippen molar-refractivity contribution in [2.45, 2.75) is 11.3 Å². The average molecular weight is 412 g/mol. The second-order valence-electron chi connectivity index (χ2n) is 6.11. The van der Waals surface area contributed by atoms with Gasteiger partial charge < -0.3 is 14.5 Å².